The van der Waals surface area contributed by atoms with Gasteiger partial charge in [0.1, 0.15) is 17.5 Å². The zero-order valence-corrected chi connectivity index (χ0v) is 13.8. The highest BCUT2D eigenvalue weighted by atomic mass is 35.5. The topological polar surface area (TPSA) is 89.7 Å². The number of hydrogen-bond donors (Lipinski definition) is 0. The fourth-order valence-electron chi connectivity index (χ4n) is 2.58. The van der Waals surface area contributed by atoms with Gasteiger partial charge in [-0.2, -0.15) is 0 Å². The number of amides is 2. The molecule has 0 unspecified atom stereocenters. The quantitative estimate of drug-likeness (QED) is 0.658. The minimum Gasteiger partial charge on any atom is -0.363 e. The number of carbonyl (C=O) groups is 3. The Morgan fingerprint density at radius 1 is 1.00 bits per heavy atom. The summed E-state index contributed by atoms with van der Waals surface area (Å²) in [7, 11) is 0. The Kier molecular flexibility index (Phi) is 3.78. The number of rotatable bonds is 3. The Bertz CT molecular complexity index is 1010. The Hall–Kier alpha value is -3.45. The summed E-state index contributed by atoms with van der Waals surface area (Å²) in [5, 5.41) is 4.74. The van der Waals surface area contributed by atoms with Gasteiger partial charge >= 0.3 is 5.97 Å². The average Bonchev–Trinajstić information content (AvgIpc) is 3.23. The third-order valence-corrected chi connectivity index (χ3v) is 4.09. The molecule has 0 bridgehead atoms. The van der Waals surface area contributed by atoms with Crippen molar-refractivity contribution in [2.75, 3.05) is 0 Å². The van der Waals surface area contributed by atoms with Gasteiger partial charge in [0.05, 0.1) is 11.1 Å². The molecule has 0 saturated carbocycles. The lowest BCUT2D eigenvalue weighted by atomic mass is 10.1. The molecule has 128 valence electrons. The molecule has 0 fully saturated rings. The van der Waals surface area contributed by atoms with Crippen molar-refractivity contribution >= 4 is 29.4 Å². The van der Waals surface area contributed by atoms with Crippen molar-refractivity contribution in [3.8, 4) is 11.3 Å². The number of fused-ring (bicyclic) bond motifs is 1. The van der Waals surface area contributed by atoms with Crippen LogP contribution in [-0.4, -0.2) is 28.0 Å². The molecule has 2 heterocycles. The van der Waals surface area contributed by atoms with Crippen LogP contribution in [0.2, 0.25) is 5.02 Å². The van der Waals surface area contributed by atoms with E-state index < -0.39 is 17.8 Å². The number of hydrogen-bond acceptors (Lipinski definition) is 6. The second-order valence-corrected chi connectivity index (χ2v) is 5.85. The van der Waals surface area contributed by atoms with E-state index in [2.05, 4.69) is 5.16 Å². The van der Waals surface area contributed by atoms with Crippen molar-refractivity contribution in [2.45, 2.75) is 0 Å². The van der Waals surface area contributed by atoms with E-state index in [1.165, 1.54) is 12.1 Å². The van der Waals surface area contributed by atoms with Crippen LogP contribution in [-0.2, 0) is 4.84 Å². The molecule has 1 aliphatic heterocycles. The van der Waals surface area contributed by atoms with Crippen LogP contribution in [0.1, 0.15) is 31.1 Å². The van der Waals surface area contributed by atoms with Crippen LogP contribution in [0.5, 0.6) is 0 Å². The molecule has 4 rings (SSSR count). The SMILES string of the molecule is O=C(ON1C(=O)c2ccccc2C1=O)c1conc1-c1ccc(Cl)cc1. The summed E-state index contributed by atoms with van der Waals surface area (Å²) >= 11 is 5.85. The molecule has 0 saturated heterocycles. The van der Waals surface area contributed by atoms with Gasteiger partial charge in [0.15, 0.2) is 0 Å². The van der Waals surface area contributed by atoms with Gasteiger partial charge in [-0.25, -0.2) is 4.79 Å². The van der Waals surface area contributed by atoms with Gasteiger partial charge in [-0.1, -0.05) is 46.1 Å². The average molecular weight is 369 g/mol. The Labute approximate surface area is 151 Å². The van der Waals surface area contributed by atoms with Crippen molar-refractivity contribution < 1.29 is 23.7 Å². The zero-order valence-electron chi connectivity index (χ0n) is 13.0. The lowest BCUT2D eigenvalue weighted by Gasteiger charge is -2.12. The third kappa shape index (κ3) is 2.55. The lowest BCUT2D eigenvalue weighted by molar-refractivity contribution is -0.0584. The van der Waals surface area contributed by atoms with Crippen LogP contribution in [0, 0.1) is 0 Å². The Morgan fingerprint density at radius 2 is 1.62 bits per heavy atom. The largest absolute Gasteiger partial charge is 0.369 e. The fourth-order valence-corrected chi connectivity index (χ4v) is 2.71. The third-order valence-electron chi connectivity index (χ3n) is 3.84. The lowest BCUT2D eigenvalue weighted by Crippen LogP contribution is -2.32. The summed E-state index contributed by atoms with van der Waals surface area (Å²) in [5.74, 6) is -2.35. The maximum atomic E-state index is 12.5. The number of benzene rings is 2. The zero-order chi connectivity index (χ0) is 18.3. The number of hydroxylamine groups is 2. The molecule has 0 atom stereocenters. The molecular formula is C18H9ClN2O5. The van der Waals surface area contributed by atoms with Gasteiger partial charge in [0.25, 0.3) is 11.8 Å². The van der Waals surface area contributed by atoms with E-state index >= 15 is 0 Å². The first-order chi connectivity index (χ1) is 12.6. The molecule has 1 aromatic heterocycles. The first-order valence-corrected chi connectivity index (χ1v) is 7.84. The van der Waals surface area contributed by atoms with Crippen LogP contribution in [0.4, 0.5) is 0 Å². The van der Waals surface area contributed by atoms with Crippen molar-refractivity contribution in [1.82, 2.24) is 10.2 Å². The summed E-state index contributed by atoms with van der Waals surface area (Å²) in [6, 6.07) is 12.8. The summed E-state index contributed by atoms with van der Waals surface area (Å²) < 4.78 is 4.86. The van der Waals surface area contributed by atoms with Gasteiger partial charge in [-0.05, 0) is 24.3 Å². The monoisotopic (exact) mass is 368 g/mol. The van der Waals surface area contributed by atoms with E-state index in [9.17, 15) is 14.4 Å². The number of halogens is 1. The van der Waals surface area contributed by atoms with Crippen LogP contribution in [0.3, 0.4) is 0 Å². The first kappa shape index (κ1) is 16.0. The maximum Gasteiger partial charge on any atom is 0.369 e. The molecule has 3 aromatic rings. The summed E-state index contributed by atoms with van der Waals surface area (Å²) in [4.78, 5) is 42.0. The van der Waals surface area contributed by atoms with Crippen LogP contribution < -0.4 is 0 Å². The molecule has 2 aromatic carbocycles. The molecule has 0 radical (unpaired) electrons. The van der Waals surface area contributed by atoms with E-state index in [4.69, 9.17) is 21.0 Å². The minimum absolute atomic E-state index is 0.0242. The van der Waals surface area contributed by atoms with E-state index in [0.717, 1.165) is 6.26 Å². The van der Waals surface area contributed by atoms with E-state index in [-0.39, 0.29) is 22.4 Å². The first-order valence-electron chi connectivity index (χ1n) is 7.46. The number of carbonyl (C=O) groups excluding carboxylic acids is 3. The van der Waals surface area contributed by atoms with Gasteiger partial charge in [0, 0.05) is 10.6 Å². The standard InChI is InChI=1S/C18H9ClN2O5/c19-11-7-5-10(6-8-11)15-14(9-25-20-15)18(24)26-21-16(22)12-3-1-2-4-13(12)17(21)23/h1-9H. The van der Waals surface area contributed by atoms with E-state index in [1.54, 1.807) is 36.4 Å². The summed E-state index contributed by atoms with van der Waals surface area (Å²) in [6.07, 6.45) is 1.09. The predicted octanol–water partition coefficient (Wildman–Crippen LogP) is 3.36. The maximum absolute atomic E-state index is 12.5. The second-order valence-electron chi connectivity index (χ2n) is 5.41. The molecular weight excluding hydrogens is 360 g/mol. The van der Waals surface area contributed by atoms with E-state index in [1.807, 2.05) is 0 Å². The fraction of sp³-hybridized carbons (Fsp3) is 0. The van der Waals surface area contributed by atoms with Crippen molar-refractivity contribution in [2.24, 2.45) is 0 Å². The molecule has 7 nitrogen and oxygen atoms in total. The highest BCUT2D eigenvalue weighted by Gasteiger charge is 2.39. The smallest absolute Gasteiger partial charge is 0.363 e. The Balaban J connectivity index is 1.61. The number of imide groups is 1. The predicted molar refractivity (Wildman–Crippen MR) is 89.3 cm³/mol. The Morgan fingerprint density at radius 3 is 2.23 bits per heavy atom. The normalized spacial score (nSPS) is 13.0. The van der Waals surface area contributed by atoms with Gasteiger partial charge in [0.2, 0.25) is 0 Å². The second kappa shape index (κ2) is 6.12. The van der Waals surface area contributed by atoms with Crippen LogP contribution in [0.15, 0.2) is 59.3 Å². The highest BCUT2D eigenvalue weighted by molar-refractivity contribution is 6.30. The molecule has 8 heteroatoms. The van der Waals surface area contributed by atoms with Crippen LogP contribution in [0.25, 0.3) is 11.3 Å². The summed E-state index contributed by atoms with van der Waals surface area (Å²) in [5.41, 5.74) is 1.10. The number of nitrogens with zero attached hydrogens (tertiary/aromatic N) is 2. The molecule has 0 N–H and O–H groups in total. The molecule has 2 amide bonds. The summed E-state index contributed by atoms with van der Waals surface area (Å²) in [6.45, 7) is 0. The van der Waals surface area contributed by atoms with Gasteiger partial charge in [-0.3, -0.25) is 9.59 Å². The molecule has 26 heavy (non-hydrogen) atoms. The molecule has 0 aliphatic carbocycles. The molecule has 1 aliphatic rings. The van der Waals surface area contributed by atoms with Gasteiger partial charge < -0.3 is 9.36 Å². The van der Waals surface area contributed by atoms with E-state index in [0.29, 0.717) is 15.6 Å². The van der Waals surface area contributed by atoms with Gasteiger partial charge in [-0.15, -0.1) is 0 Å². The minimum atomic E-state index is -0.939. The highest BCUT2D eigenvalue weighted by Crippen LogP contribution is 2.27. The van der Waals surface area contributed by atoms with Crippen molar-refractivity contribution in [1.29, 1.82) is 0 Å². The van der Waals surface area contributed by atoms with Crippen molar-refractivity contribution in [3.05, 3.63) is 76.5 Å². The molecule has 0 spiro atoms. The van der Waals surface area contributed by atoms with Crippen LogP contribution >= 0.6 is 11.6 Å². The van der Waals surface area contributed by atoms with Crippen molar-refractivity contribution in [3.63, 3.8) is 0 Å². The number of aromatic nitrogens is 1.